The minimum absolute atomic E-state index is 0.0315. The highest BCUT2D eigenvalue weighted by molar-refractivity contribution is 7.98. The fraction of sp³-hybridized carbons (Fsp3) is 0.556. The van der Waals surface area contributed by atoms with Crippen LogP contribution < -0.4 is 20.3 Å². The normalized spacial score (nSPS) is 25.6. The zero-order chi connectivity index (χ0) is 29.2. The van der Waals surface area contributed by atoms with E-state index in [1.165, 1.54) is 17.8 Å². The molecule has 5 rings (SSSR count). The van der Waals surface area contributed by atoms with Gasteiger partial charge in [0.2, 0.25) is 0 Å². The molecular formula is C27H32ClF2N3O4S. The third kappa shape index (κ3) is 5.14. The summed E-state index contributed by atoms with van der Waals surface area (Å²) in [6.45, 7) is 4.40. The molecule has 0 bridgehead atoms. The van der Waals surface area contributed by atoms with Gasteiger partial charge in [-0.2, -0.15) is 0 Å². The Hall–Kier alpha value is -2.30. The highest BCUT2D eigenvalue weighted by Crippen LogP contribution is 2.52. The van der Waals surface area contributed by atoms with Crippen molar-refractivity contribution in [3.8, 4) is 11.5 Å². The number of pyridine rings is 1. The first-order valence-electron chi connectivity index (χ1n) is 13.6. The number of carbonyl (C=O) groups is 1. The summed E-state index contributed by atoms with van der Waals surface area (Å²) in [5.74, 6) is -4.33. The molecule has 206 valence electrons. The number of alkyl halides is 2. The van der Waals surface area contributed by atoms with E-state index in [0.717, 1.165) is 0 Å². The van der Waals surface area contributed by atoms with Crippen molar-refractivity contribution in [2.45, 2.75) is 63.1 Å². The van der Waals surface area contributed by atoms with Crippen LogP contribution in [-0.2, 0) is 6.50 Å². The van der Waals surface area contributed by atoms with Crippen LogP contribution in [-0.4, -0.2) is 53.4 Å². The van der Waals surface area contributed by atoms with Crippen molar-refractivity contribution in [3.05, 3.63) is 49.9 Å². The van der Waals surface area contributed by atoms with Crippen LogP contribution in [0.5, 0.6) is 11.5 Å². The molecule has 2 atom stereocenters. The summed E-state index contributed by atoms with van der Waals surface area (Å²) in [4.78, 5) is 31.0. The fourth-order valence-corrected chi connectivity index (χ4v) is 6.17. The smallest absolute Gasteiger partial charge is 0.254 e. The summed E-state index contributed by atoms with van der Waals surface area (Å²) >= 11 is 7.74. The Balaban J connectivity index is 1.32. The number of aromatic nitrogens is 1. The molecule has 11 heteroatoms. The van der Waals surface area contributed by atoms with Gasteiger partial charge in [0.25, 0.3) is 23.2 Å². The summed E-state index contributed by atoms with van der Waals surface area (Å²) in [6.07, 6.45) is 3.07. The van der Waals surface area contributed by atoms with E-state index in [-0.39, 0.29) is 28.5 Å². The molecule has 0 radical (unpaired) electrons. The molecule has 1 saturated carbocycles. The van der Waals surface area contributed by atoms with Crippen molar-refractivity contribution >= 4 is 29.3 Å². The van der Waals surface area contributed by atoms with Crippen molar-refractivity contribution < 1.29 is 25.8 Å². The van der Waals surface area contributed by atoms with Gasteiger partial charge in [0, 0.05) is 65.5 Å². The molecule has 1 amide bonds. The summed E-state index contributed by atoms with van der Waals surface area (Å²) in [6, 6.07) is 3.06. The summed E-state index contributed by atoms with van der Waals surface area (Å²) in [5, 5.41) is 2.49. The zero-order valence-corrected chi connectivity index (χ0v) is 23.2. The Labute approximate surface area is 232 Å². The number of rotatable bonds is 7. The zero-order valence-electron chi connectivity index (χ0n) is 23.7. The number of aryl methyl sites for hydroxylation is 1. The summed E-state index contributed by atoms with van der Waals surface area (Å²) in [5.41, 5.74) is 0.287. The number of benzene rings is 1. The fourth-order valence-electron chi connectivity index (χ4n) is 5.29. The van der Waals surface area contributed by atoms with Gasteiger partial charge in [-0.3, -0.25) is 9.59 Å². The van der Waals surface area contributed by atoms with Crippen molar-refractivity contribution in [2.24, 2.45) is 11.8 Å². The van der Waals surface area contributed by atoms with Crippen LogP contribution in [0.1, 0.15) is 56.1 Å². The largest absolute Gasteiger partial charge is 0.448 e. The van der Waals surface area contributed by atoms with Gasteiger partial charge in [0.05, 0.1) is 7.76 Å². The number of ether oxygens (including phenoxy) is 2. The predicted molar refractivity (Wildman–Crippen MR) is 143 cm³/mol. The number of halogens is 3. The number of fused-ring (bicyclic) bond motifs is 1. The lowest BCUT2D eigenvalue weighted by molar-refractivity contribution is -0.125. The number of likely N-dealkylation sites (tertiary alicyclic amines) is 1. The highest BCUT2D eigenvalue weighted by atomic mass is 35.5. The van der Waals surface area contributed by atoms with Crippen LogP contribution in [0.4, 0.5) is 8.78 Å². The van der Waals surface area contributed by atoms with Gasteiger partial charge in [-0.05, 0) is 58.2 Å². The van der Waals surface area contributed by atoms with Crippen molar-refractivity contribution in [1.82, 2.24) is 15.2 Å². The molecule has 1 unspecified atom stereocenters. The minimum atomic E-state index is -2.53. The Morgan fingerprint density at radius 3 is 2.58 bits per heavy atom. The molecule has 7 nitrogen and oxygen atoms in total. The number of hydrogen-bond donors (Lipinski definition) is 2. The molecule has 3 aliphatic rings. The van der Waals surface area contributed by atoms with E-state index in [1.54, 1.807) is 26.2 Å². The molecule has 1 aromatic heterocycles. The lowest BCUT2D eigenvalue weighted by Gasteiger charge is -2.38. The molecule has 3 heterocycles. The van der Waals surface area contributed by atoms with Crippen LogP contribution in [0.2, 0.25) is 5.02 Å². The molecule has 2 N–H and O–H groups in total. The average Bonchev–Trinajstić information content (AvgIpc) is 3.28. The number of nitrogens with one attached hydrogen (secondary N) is 2. The third-order valence-corrected chi connectivity index (χ3v) is 8.75. The van der Waals surface area contributed by atoms with Crippen molar-refractivity contribution in [1.29, 1.82) is 0 Å². The van der Waals surface area contributed by atoms with E-state index in [9.17, 15) is 18.4 Å². The number of amides is 1. The van der Waals surface area contributed by atoms with Crippen molar-refractivity contribution in [3.63, 3.8) is 0 Å². The number of thioether (sulfide) groups is 1. The number of carbonyl (C=O) groups excluding carboxylic acids is 1. The first-order chi connectivity index (χ1) is 18.6. The van der Waals surface area contributed by atoms with E-state index in [1.807, 2.05) is 6.92 Å². The van der Waals surface area contributed by atoms with E-state index >= 15 is 0 Å². The third-order valence-electron chi connectivity index (χ3n) is 7.71. The summed E-state index contributed by atoms with van der Waals surface area (Å²) < 4.78 is 56.3. The van der Waals surface area contributed by atoms with E-state index in [4.69, 9.17) is 23.8 Å². The molecule has 0 spiro atoms. The van der Waals surface area contributed by atoms with Gasteiger partial charge < -0.3 is 24.7 Å². The van der Waals surface area contributed by atoms with Crippen LogP contribution in [0.15, 0.2) is 21.8 Å². The topological polar surface area (TPSA) is 83.7 Å². The number of hydrogen-bond acceptors (Lipinski definition) is 6. The van der Waals surface area contributed by atoms with Crippen LogP contribution in [0.25, 0.3) is 0 Å². The lowest BCUT2D eigenvalue weighted by atomic mass is 9.89. The number of aromatic amines is 1. The highest BCUT2D eigenvalue weighted by Gasteiger charge is 2.57. The Bertz CT molecular complexity index is 1420. The minimum Gasteiger partial charge on any atom is -0.448 e. The first-order valence-corrected chi connectivity index (χ1v) is 14.2. The molecule has 1 aromatic carbocycles. The molecule has 2 aromatic rings. The van der Waals surface area contributed by atoms with E-state index in [2.05, 4.69) is 15.2 Å². The maximum Gasteiger partial charge on any atom is 0.254 e. The molecule has 38 heavy (non-hydrogen) atoms. The van der Waals surface area contributed by atoms with E-state index < -0.39 is 35.6 Å². The van der Waals surface area contributed by atoms with Gasteiger partial charge in [-0.1, -0.05) is 11.6 Å². The quantitative estimate of drug-likeness (QED) is 0.449. The molecule has 2 fully saturated rings. The van der Waals surface area contributed by atoms with Gasteiger partial charge in [-0.25, -0.2) is 8.78 Å². The number of nitrogens with zero attached hydrogens (tertiary/aromatic N) is 1. The molecular weight excluding hydrogens is 536 g/mol. The predicted octanol–water partition coefficient (Wildman–Crippen LogP) is 5.15. The van der Waals surface area contributed by atoms with Crippen molar-refractivity contribution in [2.75, 3.05) is 25.9 Å². The second-order valence-corrected chi connectivity index (χ2v) is 11.7. The van der Waals surface area contributed by atoms with E-state index in [0.29, 0.717) is 60.1 Å². The molecule has 1 aliphatic carbocycles. The monoisotopic (exact) mass is 569 g/mol. The molecule has 2 aliphatic heterocycles. The van der Waals surface area contributed by atoms with Gasteiger partial charge >= 0.3 is 0 Å². The number of H-pyrrole nitrogens is 1. The van der Waals surface area contributed by atoms with Crippen LogP contribution >= 0.6 is 23.4 Å². The molecule has 1 saturated heterocycles. The Morgan fingerprint density at radius 1 is 1.29 bits per heavy atom. The maximum absolute atomic E-state index is 13.4. The van der Waals surface area contributed by atoms with Gasteiger partial charge in [0.1, 0.15) is 0 Å². The second-order valence-electron chi connectivity index (χ2n) is 10.5. The van der Waals surface area contributed by atoms with Gasteiger partial charge in [0.15, 0.2) is 11.5 Å². The Kier molecular flexibility index (Phi) is 6.52. The Morgan fingerprint density at radius 2 is 1.95 bits per heavy atom. The summed E-state index contributed by atoms with van der Waals surface area (Å²) in [7, 11) is 0. The second kappa shape index (κ2) is 10.0. The maximum atomic E-state index is 13.4. The SMILES string of the molecule is [2H]C([2H])(NC(=O)c1cc(Cl)c2c(c1C)OC(C)(C1CCN(C[C@@H]3CC3(F)F)CC1)O2)c1c(SC)cc(C)[nH]c1=O. The average molecular weight is 570 g/mol. The first kappa shape index (κ1) is 24.7. The lowest BCUT2D eigenvalue weighted by Crippen LogP contribution is -2.49. The standard InChI is InChI=1S/C27H32ClF2N3O4S/c1-14-9-21(38-4)19(25(35)32-14)12-31-24(34)18-10-20(28)23-22(15(18)2)36-26(3,37-23)16-5-7-33(8-6-16)13-17-11-27(17,29)30/h9-10,16-17H,5-8,11-13H2,1-4H3,(H,31,34)(H,32,35)/t17-,26?/m0/s1/i12D2. The van der Waals surface area contributed by atoms with Crippen LogP contribution in [0.3, 0.4) is 0 Å². The van der Waals surface area contributed by atoms with Crippen LogP contribution in [0, 0.1) is 25.7 Å². The number of piperidine rings is 1. The van der Waals surface area contributed by atoms with Gasteiger partial charge in [-0.15, -0.1) is 11.8 Å².